The molecule has 0 saturated carbocycles. The van der Waals surface area contributed by atoms with E-state index in [9.17, 15) is 18.5 Å². The molecular formula is C23H16Cl2N2O4S. The first-order valence-electron chi connectivity index (χ1n) is 9.18. The van der Waals surface area contributed by atoms with Crippen molar-refractivity contribution < 1.29 is 17.4 Å². The maximum Gasteiger partial charge on any atom is 0.339 e. The molecule has 1 amide bonds. The van der Waals surface area contributed by atoms with Crippen LogP contribution in [-0.4, -0.2) is 14.3 Å². The quantitative estimate of drug-likeness (QED) is 0.277. The van der Waals surface area contributed by atoms with Gasteiger partial charge < -0.3 is 9.50 Å². The van der Waals surface area contributed by atoms with E-state index in [1.54, 1.807) is 30.3 Å². The zero-order chi connectivity index (χ0) is 23.3. The molecule has 0 unspecified atom stereocenters. The Bertz CT molecular complexity index is 1350. The number of halogens is 2. The minimum Gasteiger partial charge on any atom is -0.377 e. The molecule has 0 aromatic heterocycles. The predicted octanol–water partition coefficient (Wildman–Crippen LogP) is 5.62. The van der Waals surface area contributed by atoms with E-state index in [1.807, 2.05) is 25.1 Å². The van der Waals surface area contributed by atoms with E-state index < -0.39 is 16.0 Å². The van der Waals surface area contributed by atoms with Crippen LogP contribution in [0.5, 0.6) is 5.75 Å². The Morgan fingerprint density at radius 3 is 2.38 bits per heavy atom. The third-order valence-electron chi connectivity index (χ3n) is 4.32. The summed E-state index contributed by atoms with van der Waals surface area (Å²) in [7, 11) is -4.23. The second-order valence-electron chi connectivity index (χ2n) is 6.60. The molecule has 0 saturated heterocycles. The van der Waals surface area contributed by atoms with Gasteiger partial charge in [-0.2, -0.15) is 13.7 Å². The molecule has 6 nitrogen and oxygen atoms in total. The fourth-order valence-corrected chi connectivity index (χ4v) is 4.31. The number of para-hydroxylation sites is 1. The second kappa shape index (κ2) is 9.88. The second-order valence-corrected chi connectivity index (χ2v) is 8.99. The van der Waals surface area contributed by atoms with Gasteiger partial charge in [0, 0.05) is 16.3 Å². The Morgan fingerprint density at radius 2 is 1.72 bits per heavy atom. The van der Waals surface area contributed by atoms with Crippen LogP contribution in [0.1, 0.15) is 11.1 Å². The molecule has 3 aromatic rings. The molecule has 0 radical (unpaired) electrons. The lowest BCUT2D eigenvalue weighted by Gasteiger charge is -2.12. The van der Waals surface area contributed by atoms with Crippen molar-refractivity contribution in [1.82, 2.24) is 0 Å². The molecule has 0 atom stereocenters. The van der Waals surface area contributed by atoms with Crippen LogP contribution in [-0.2, 0) is 14.9 Å². The first-order chi connectivity index (χ1) is 15.2. The van der Waals surface area contributed by atoms with Crippen molar-refractivity contribution in [2.75, 3.05) is 5.32 Å². The molecule has 0 fully saturated rings. The van der Waals surface area contributed by atoms with Crippen LogP contribution in [0.4, 0.5) is 5.69 Å². The lowest BCUT2D eigenvalue weighted by atomic mass is 10.1. The van der Waals surface area contributed by atoms with Crippen LogP contribution >= 0.6 is 23.2 Å². The topological polar surface area (TPSA) is 96.3 Å². The summed E-state index contributed by atoms with van der Waals surface area (Å²) in [6, 6.07) is 19.0. The van der Waals surface area contributed by atoms with E-state index >= 15 is 0 Å². The van der Waals surface area contributed by atoms with Crippen molar-refractivity contribution in [2.45, 2.75) is 11.8 Å². The van der Waals surface area contributed by atoms with Crippen LogP contribution in [0.15, 0.2) is 77.2 Å². The number of carbonyl (C=O) groups excluding carboxylic acids is 1. The van der Waals surface area contributed by atoms with E-state index in [0.29, 0.717) is 5.69 Å². The van der Waals surface area contributed by atoms with Crippen LogP contribution < -0.4 is 9.50 Å². The molecule has 0 bridgehead atoms. The van der Waals surface area contributed by atoms with Gasteiger partial charge in [-0.25, -0.2) is 0 Å². The van der Waals surface area contributed by atoms with Gasteiger partial charge in [0.25, 0.3) is 5.91 Å². The van der Waals surface area contributed by atoms with Gasteiger partial charge in [-0.15, -0.1) is 0 Å². The number of nitrogens with one attached hydrogen (secondary N) is 1. The summed E-state index contributed by atoms with van der Waals surface area (Å²) in [4.78, 5) is 12.6. The SMILES string of the molecule is Cc1ccccc1NC(=O)/C(C#N)=C/c1cc(Cl)cc(Cl)c1OS(=O)(=O)c1ccccc1. The summed E-state index contributed by atoms with van der Waals surface area (Å²) in [5, 5.41) is 12.3. The molecule has 1 N–H and O–H groups in total. The minimum absolute atomic E-state index is 0.0542. The summed E-state index contributed by atoms with van der Waals surface area (Å²) in [6.07, 6.45) is 1.17. The summed E-state index contributed by atoms with van der Waals surface area (Å²) in [5.74, 6) is -0.939. The fourth-order valence-electron chi connectivity index (χ4n) is 2.73. The number of nitriles is 1. The summed E-state index contributed by atoms with van der Waals surface area (Å²) in [6.45, 7) is 1.81. The van der Waals surface area contributed by atoms with Gasteiger partial charge in [0.2, 0.25) is 0 Å². The van der Waals surface area contributed by atoms with Crippen LogP contribution in [0.3, 0.4) is 0 Å². The smallest absolute Gasteiger partial charge is 0.339 e. The molecule has 32 heavy (non-hydrogen) atoms. The third kappa shape index (κ3) is 5.48. The molecule has 0 aliphatic carbocycles. The van der Waals surface area contributed by atoms with Crippen molar-refractivity contribution in [3.05, 3.63) is 93.5 Å². The zero-order valence-electron chi connectivity index (χ0n) is 16.7. The molecule has 0 aliphatic heterocycles. The zero-order valence-corrected chi connectivity index (χ0v) is 19.0. The number of hydrogen-bond acceptors (Lipinski definition) is 5. The minimum atomic E-state index is -4.23. The first kappa shape index (κ1) is 23.4. The maximum absolute atomic E-state index is 12.7. The van der Waals surface area contributed by atoms with E-state index in [-0.39, 0.29) is 31.8 Å². The van der Waals surface area contributed by atoms with Gasteiger partial charge in [-0.1, -0.05) is 59.6 Å². The highest BCUT2D eigenvalue weighted by molar-refractivity contribution is 7.87. The van der Waals surface area contributed by atoms with Gasteiger partial charge in [-0.3, -0.25) is 4.79 Å². The average Bonchev–Trinajstić information content (AvgIpc) is 2.76. The van der Waals surface area contributed by atoms with Crippen molar-refractivity contribution in [3.63, 3.8) is 0 Å². The maximum atomic E-state index is 12.7. The van der Waals surface area contributed by atoms with E-state index in [4.69, 9.17) is 27.4 Å². The monoisotopic (exact) mass is 486 g/mol. The third-order valence-corrected chi connectivity index (χ3v) is 6.05. The van der Waals surface area contributed by atoms with Crippen LogP contribution in [0.25, 0.3) is 6.08 Å². The van der Waals surface area contributed by atoms with Gasteiger partial charge >= 0.3 is 10.1 Å². The number of benzene rings is 3. The highest BCUT2D eigenvalue weighted by atomic mass is 35.5. The fraction of sp³-hybridized carbons (Fsp3) is 0.0435. The van der Waals surface area contributed by atoms with Gasteiger partial charge in [0.05, 0.1) is 5.02 Å². The standard InChI is InChI=1S/C23H16Cl2N2O4S/c1-15-7-5-6-10-21(15)27-23(28)17(14-26)11-16-12-18(24)13-20(25)22(16)31-32(29,30)19-8-3-2-4-9-19/h2-13H,1H3,(H,27,28)/b17-11+. The summed E-state index contributed by atoms with van der Waals surface area (Å²) < 4.78 is 30.6. The molecule has 0 spiro atoms. The first-order valence-corrected chi connectivity index (χ1v) is 11.3. The predicted molar refractivity (Wildman–Crippen MR) is 124 cm³/mol. The van der Waals surface area contributed by atoms with Gasteiger partial charge in [0.1, 0.15) is 16.5 Å². The van der Waals surface area contributed by atoms with Crippen molar-refractivity contribution in [1.29, 1.82) is 5.26 Å². The van der Waals surface area contributed by atoms with Gasteiger partial charge in [-0.05, 0) is 48.9 Å². The van der Waals surface area contributed by atoms with Crippen molar-refractivity contribution in [3.8, 4) is 11.8 Å². The molecule has 162 valence electrons. The Hall–Kier alpha value is -3.31. The van der Waals surface area contributed by atoms with Crippen LogP contribution in [0, 0.1) is 18.3 Å². The molecular weight excluding hydrogens is 471 g/mol. The van der Waals surface area contributed by atoms with Gasteiger partial charge in [0.15, 0.2) is 5.75 Å². The van der Waals surface area contributed by atoms with Crippen LogP contribution in [0.2, 0.25) is 10.0 Å². The molecule has 3 aromatic carbocycles. The Kier molecular flexibility index (Phi) is 7.21. The van der Waals surface area contributed by atoms with Crippen molar-refractivity contribution in [2.24, 2.45) is 0 Å². The van der Waals surface area contributed by atoms with E-state index in [1.165, 1.54) is 30.3 Å². The highest BCUT2D eigenvalue weighted by Gasteiger charge is 2.22. The highest BCUT2D eigenvalue weighted by Crippen LogP contribution is 2.36. The lowest BCUT2D eigenvalue weighted by Crippen LogP contribution is -2.14. The Morgan fingerprint density at radius 1 is 1.06 bits per heavy atom. The molecule has 0 heterocycles. The van der Waals surface area contributed by atoms with E-state index in [2.05, 4.69) is 5.32 Å². The largest absolute Gasteiger partial charge is 0.377 e. The number of anilines is 1. The summed E-state index contributed by atoms with van der Waals surface area (Å²) in [5.41, 5.74) is 1.10. The average molecular weight is 487 g/mol. The number of aryl methyl sites for hydroxylation is 1. The Labute approximate surface area is 195 Å². The Balaban J connectivity index is 2.01. The summed E-state index contributed by atoms with van der Waals surface area (Å²) >= 11 is 12.3. The molecule has 3 rings (SSSR count). The molecule has 9 heteroatoms. The van der Waals surface area contributed by atoms with E-state index in [0.717, 1.165) is 5.56 Å². The van der Waals surface area contributed by atoms with Crippen molar-refractivity contribution >= 4 is 51.0 Å². The lowest BCUT2D eigenvalue weighted by molar-refractivity contribution is -0.112. The normalized spacial score (nSPS) is 11.5. The molecule has 0 aliphatic rings. The number of amides is 1. The number of rotatable bonds is 6. The number of nitrogens with zero attached hydrogens (tertiary/aromatic N) is 1. The number of hydrogen-bond donors (Lipinski definition) is 1. The number of carbonyl (C=O) groups is 1.